The molecule has 0 radical (unpaired) electrons. The maximum Gasteiger partial charge on any atom is 0.0464 e. The Kier molecular flexibility index (Phi) is 2.32. The predicted octanol–water partition coefficient (Wildman–Crippen LogP) is 4.47. The van der Waals surface area contributed by atoms with Gasteiger partial charge in [0.05, 0.1) is 0 Å². The second kappa shape index (κ2) is 3.63. The smallest absolute Gasteiger partial charge is 0.0464 e. The van der Waals surface area contributed by atoms with Crippen molar-refractivity contribution in [1.29, 1.82) is 0 Å². The minimum atomic E-state index is 0.698. The van der Waals surface area contributed by atoms with Crippen LogP contribution in [-0.2, 0) is 6.42 Å². The molecule has 1 aromatic carbocycles. The van der Waals surface area contributed by atoms with Gasteiger partial charge >= 0.3 is 0 Å². The number of aryl methyl sites for hydroxylation is 2. The molecule has 17 heavy (non-hydrogen) atoms. The molecule has 0 spiro atoms. The molecule has 2 unspecified atom stereocenters. The minimum Gasteiger partial charge on any atom is -0.358 e. The molecule has 0 saturated carbocycles. The fourth-order valence-corrected chi connectivity index (χ4v) is 3.66. The number of hydrogen-bond acceptors (Lipinski definition) is 0. The molecule has 2 aromatic rings. The van der Waals surface area contributed by atoms with E-state index in [1.54, 1.807) is 5.56 Å². The van der Waals surface area contributed by atoms with E-state index in [2.05, 4.69) is 44.8 Å². The van der Waals surface area contributed by atoms with E-state index in [9.17, 15) is 0 Å². The largest absolute Gasteiger partial charge is 0.358 e. The molecule has 1 aromatic heterocycles. The third-order valence-electron chi connectivity index (χ3n) is 4.16. The summed E-state index contributed by atoms with van der Waals surface area (Å²) in [5, 5.41) is 1.49. The Morgan fingerprint density at radius 2 is 1.94 bits per heavy atom. The molecular weight excluding hydrogens is 206 g/mol. The number of hydrogen-bond donors (Lipinski definition) is 1. The van der Waals surface area contributed by atoms with Crippen molar-refractivity contribution in [3.05, 3.63) is 34.5 Å². The molecule has 1 N–H and O–H groups in total. The van der Waals surface area contributed by atoms with Gasteiger partial charge in [-0.05, 0) is 61.3 Å². The summed E-state index contributed by atoms with van der Waals surface area (Å²) >= 11 is 0. The van der Waals surface area contributed by atoms with E-state index in [1.807, 2.05) is 0 Å². The van der Waals surface area contributed by atoms with E-state index in [1.165, 1.54) is 40.6 Å². The van der Waals surface area contributed by atoms with Crippen molar-refractivity contribution < 1.29 is 0 Å². The molecule has 1 aliphatic rings. The first kappa shape index (κ1) is 10.9. The van der Waals surface area contributed by atoms with Crippen LogP contribution in [0.25, 0.3) is 10.9 Å². The second-order valence-electron chi connectivity index (χ2n) is 5.97. The van der Waals surface area contributed by atoms with E-state index < -0.39 is 0 Å². The average Bonchev–Trinajstić information content (AvgIpc) is 2.55. The summed E-state index contributed by atoms with van der Waals surface area (Å²) in [5.41, 5.74) is 7.21. The molecule has 1 heteroatoms. The van der Waals surface area contributed by atoms with Crippen LogP contribution in [0.4, 0.5) is 0 Å². The lowest BCUT2D eigenvalue weighted by molar-refractivity contribution is 0.448. The first-order valence-corrected chi connectivity index (χ1v) is 6.68. The molecule has 0 fully saturated rings. The highest BCUT2D eigenvalue weighted by Gasteiger charge is 2.26. The van der Waals surface area contributed by atoms with Crippen LogP contribution in [0, 0.1) is 19.8 Å². The zero-order valence-corrected chi connectivity index (χ0v) is 11.2. The number of aromatic nitrogens is 1. The number of aromatic amines is 1. The predicted molar refractivity (Wildman–Crippen MR) is 73.7 cm³/mol. The van der Waals surface area contributed by atoms with Crippen molar-refractivity contribution in [2.45, 2.75) is 46.5 Å². The van der Waals surface area contributed by atoms with Crippen LogP contribution in [0.2, 0.25) is 0 Å². The van der Waals surface area contributed by atoms with Crippen LogP contribution in [0.5, 0.6) is 0 Å². The van der Waals surface area contributed by atoms with Crippen molar-refractivity contribution in [2.75, 3.05) is 0 Å². The summed E-state index contributed by atoms with van der Waals surface area (Å²) in [4.78, 5) is 3.66. The Bertz CT molecular complexity index is 577. The van der Waals surface area contributed by atoms with Crippen molar-refractivity contribution in [3.8, 4) is 0 Å². The Morgan fingerprint density at radius 3 is 2.71 bits per heavy atom. The zero-order valence-electron chi connectivity index (χ0n) is 11.2. The molecule has 0 saturated heterocycles. The summed E-state index contributed by atoms with van der Waals surface area (Å²) in [6.45, 7) is 9.16. The quantitative estimate of drug-likeness (QED) is 0.683. The number of benzene rings is 1. The maximum atomic E-state index is 3.66. The molecule has 1 nitrogen and oxygen atoms in total. The fraction of sp³-hybridized carbons (Fsp3) is 0.500. The standard InChI is InChI=1S/C16H21N/c1-9-5-11(3)15-13(7-9)17-14-8-10(2)6-12(4)16(14)15/h5,7,10,12,17H,6,8H2,1-4H3. The van der Waals surface area contributed by atoms with Crippen molar-refractivity contribution in [3.63, 3.8) is 0 Å². The SMILES string of the molecule is Cc1cc(C)c2c3c([nH]c2c1)CC(C)CC3C. The summed E-state index contributed by atoms with van der Waals surface area (Å²) < 4.78 is 0. The first-order chi connectivity index (χ1) is 8.06. The monoisotopic (exact) mass is 227 g/mol. The van der Waals surface area contributed by atoms with Crippen LogP contribution in [0.1, 0.15) is 48.6 Å². The topological polar surface area (TPSA) is 15.8 Å². The number of H-pyrrole nitrogens is 1. The van der Waals surface area contributed by atoms with Crippen LogP contribution >= 0.6 is 0 Å². The van der Waals surface area contributed by atoms with Gasteiger partial charge in [-0.1, -0.05) is 19.9 Å². The third kappa shape index (κ3) is 1.60. The van der Waals surface area contributed by atoms with Gasteiger partial charge < -0.3 is 4.98 Å². The molecule has 0 aliphatic heterocycles. The molecule has 1 aliphatic carbocycles. The lowest BCUT2D eigenvalue weighted by Crippen LogP contribution is -2.13. The van der Waals surface area contributed by atoms with Crippen LogP contribution in [0.15, 0.2) is 12.1 Å². The molecule has 90 valence electrons. The van der Waals surface area contributed by atoms with Gasteiger partial charge in [-0.2, -0.15) is 0 Å². The minimum absolute atomic E-state index is 0.698. The van der Waals surface area contributed by atoms with Crippen LogP contribution < -0.4 is 0 Å². The Balaban J connectivity index is 2.32. The summed E-state index contributed by atoms with van der Waals surface area (Å²) in [6, 6.07) is 4.60. The highest BCUT2D eigenvalue weighted by atomic mass is 14.7. The normalized spacial score (nSPS) is 24.0. The summed E-state index contributed by atoms with van der Waals surface area (Å²) in [6.07, 6.45) is 2.54. The van der Waals surface area contributed by atoms with Crippen molar-refractivity contribution >= 4 is 10.9 Å². The maximum absolute atomic E-state index is 3.66. The van der Waals surface area contributed by atoms with Gasteiger partial charge in [-0.25, -0.2) is 0 Å². The Labute approximate surface area is 103 Å². The zero-order chi connectivity index (χ0) is 12.2. The van der Waals surface area contributed by atoms with Crippen LogP contribution in [-0.4, -0.2) is 4.98 Å². The molecular formula is C16H21N. The Morgan fingerprint density at radius 1 is 1.18 bits per heavy atom. The highest BCUT2D eigenvalue weighted by Crippen LogP contribution is 2.40. The van der Waals surface area contributed by atoms with Crippen LogP contribution in [0.3, 0.4) is 0 Å². The van der Waals surface area contributed by atoms with Gasteiger partial charge in [0, 0.05) is 16.6 Å². The van der Waals surface area contributed by atoms with E-state index in [0.717, 1.165) is 5.92 Å². The molecule has 1 heterocycles. The Hall–Kier alpha value is -1.24. The van der Waals surface area contributed by atoms with Gasteiger partial charge in [-0.15, -0.1) is 0 Å². The summed E-state index contributed by atoms with van der Waals surface area (Å²) in [5.74, 6) is 1.51. The molecule has 3 rings (SSSR count). The lowest BCUT2D eigenvalue weighted by atomic mass is 9.80. The third-order valence-corrected chi connectivity index (χ3v) is 4.16. The van der Waals surface area contributed by atoms with Crippen molar-refractivity contribution in [1.82, 2.24) is 4.98 Å². The molecule has 2 atom stereocenters. The first-order valence-electron chi connectivity index (χ1n) is 6.68. The van der Waals surface area contributed by atoms with E-state index in [4.69, 9.17) is 0 Å². The van der Waals surface area contributed by atoms with Gasteiger partial charge in [0.2, 0.25) is 0 Å². The average molecular weight is 227 g/mol. The van der Waals surface area contributed by atoms with E-state index >= 15 is 0 Å². The molecule has 0 bridgehead atoms. The second-order valence-corrected chi connectivity index (χ2v) is 5.97. The number of rotatable bonds is 0. The van der Waals surface area contributed by atoms with E-state index in [0.29, 0.717) is 5.92 Å². The number of fused-ring (bicyclic) bond motifs is 3. The van der Waals surface area contributed by atoms with Gasteiger partial charge in [-0.3, -0.25) is 0 Å². The van der Waals surface area contributed by atoms with Gasteiger partial charge in [0.15, 0.2) is 0 Å². The highest BCUT2D eigenvalue weighted by molar-refractivity contribution is 5.89. The number of nitrogens with one attached hydrogen (secondary N) is 1. The lowest BCUT2D eigenvalue weighted by Gasteiger charge is -2.25. The van der Waals surface area contributed by atoms with Crippen molar-refractivity contribution in [2.24, 2.45) is 5.92 Å². The molecule has 0 amide bonds. The fourth-order valence-electron chi connectivity index (χ4n) is 3.66. The summed E-state index contributed by atoms with van der Waals surface area (Å²) in [7, 11) is 0. The van der Waals surface area contributed by atoms with E-state index in [-0.39, 0.29) is 0 Å². The van der Waals surface area contributed by atoms with Gasteiger partial charge in [0.25, 0.3) is 0 Å². The van der Waals surface area contributed by atoms with Gasteiger partial charge in [0.1, 0.15) is 0 Å².